The van der Waals surface area contributed by atoms with Crippen molar-refractivity contribution in [2.24, 2.45) is 23.3 Å². The molecule has 0 aromatic rings. The summed E-state index contributed by atoms with van der Waals surface area (Å²) in [5.41, 5.74) is 10.4. The van der Waals surface area contributed by atoms with Gasteiger partial charge >= 0.3 is 0 Å². The largest absolute Gasteiger partial charge is 0.350 e. The Labute approximate surface area is 93.7 Å². The number of hydrogen-bond donors (Lipinski definition) is 3. The summed E-state index contributed by atoms with van der Waals surface area (Å²) < 4.78 is 25.6. The molecule has 4 nitrogen and oxygen atoms in total. The molecule has 1 fully saturated rings. The van der Waals surface area contributed by atoms with Crippen LogP contribution in [0.5, 0.6) is 0 Å². The Hall–Kier alpha value is -0.750. The molecule has 1 saturated carbocycles. The van der Waals surface area contributed by atoms with Crippen LogP contribution in [-0.2, 0) is 4.79 Å². The highest BCUT2D eigenvalue weighted by molar-refractivity contribution is 5.79. The Kier molecular flexibility index (Phi) is 4.61. The molecule has 1 aliphatic rings. The van der Waals surface area contributed by atoms with Gasteiger partial charge in [-0.15, -0.1) is 0 Å². The fourth-order valence-corrected chi connectivity index (χ4v) is 2.08. The van der Waals surface area contributed by atoms with Crippen molar-refractivity contribution in [3.63, 3.8) is 0 Å². The fraction of sp³-hybridized carbons (Fsp3) is 0.900. The number of halogens is 2. The zero-order chi connectivity index (χ0) is 12.2. The van der Waals surface area contributed by atoms with Crippen molar-refractivity contribution in [1.82, 2.24) is 5.32 Å². The third-order valence-electron chi connectivity index (χ3n) is 3.12. The Morgan fingerprint density at radius 2 is 2.06 bits per heavy atom. The quantitative estimate of drug-likeness (QED) is 0.631. The second-order valence-electron chi connectivity index (χ2n) is 4.31. The molecule has 1 aliphatic carbocycles. The van der Waals surface area contributed by atoms with E-state index in [0.717, 1.165) is 19.3 Å². The smallest absolute Gasteiger partial charge is 0.277 e. The summed E-state index contributed by atoms with van der Waals surface area (Å²) in [6.45, 7) is -1.00. The summed E-state index contributed by atoms with van der Waals surface area (Å²) in [4.78, 5) is 11.6. The second-order valence-corrected chi connectivity index (χ2v) is 4.31. The molecule has 0 spiro atoms. The molecule has 16 heavy (non-hydrogen) atoms. The van der Waals surface area contributed by atoms with Crippen molar-refractivity contribution in [2.45, 2.75) is 25.2 Å². The van der Waals surface area contributed by atoms with E-state index in [9.17, 15) is 13.6 Å². The number of alkyl halides is 2. The first kappa shape index (κ1) is 13.3. The van der Waals surface area contributed by atoms with Gasteiger partial charge in [0.25, 0.3) is 5.92 Å². The first-order chi connectivity index (χ1) is 7.50. The highest BCUT2D eigenvalue weighted by Crippen LogP contribution is 2.31. The van der Waals surface area contributed by atoms with Gasteiger partial charge in [0.1, 0.15) is 0 Å². The normalized spacial score (nSPS) is 25.8. The van der Waals surface area contributed by atoms with E-state index in [4.69, 9.17) is 11.5 Å². The van der Waals surface area contributed by atoms with Gasteiger partial charge in [-0.1, -0.05) is 6.42 Å². The maximum atomic E-state index is 12.8. The molecule has 0 bridgehead atoms. The number of nitrogens with two attached hydrogens (primary N) is 2. The Morgan fingerprint density at radius 1 is 1.38 bits per heavy atom. The summed E-state index contributed by atoms with van der Waals surface area (Å²) in [6.07, 6.45) is 2.58. The van der Waals surface area contributed by atoms with Crippen LogP contribution in [0.4, 0.5) is 8.78 Å². The minimum Gasteiger partial charge on any atom is -0.350 e. The molecule has 6 heteroatoms. The highest BCUT2D eigenvalue weighted by atomic mass is 19.3. The van der Waals surface area contributed by atoms with E-state index in [2.05, 4.69) is 5.32 Å². The van der Waals surface area contributed by atoms with E-state index < -0.39 is 19.0 Å². The van der Waals surface area contributed by atoms with Crippen molar-refractivity contribution in [1.29, 1.82) is 0 Å². The number of amides is 1. The lowest BCUT2D eigenvalue weighted by Crippen LogP contribution is -2.44. The second kappa shape index (κ2) is 5.54. The van der Waals surface area contributed by atoms with Crippen molar-refractivity contribution >= 4 is 5.91 Å². The molecular weight excluding hydrogens is 216 g/mol. The van der Waals surface area contributed by atoms with Gasteiger partial charge in [0, 0.05) is 5.92 Å². The van der Waals surface area contributed by atoms with Crippen LogP contribution in [0.2, 0.25) is 0 Å². The third-order valence-corrected chi connectivity index (χ3v) is 3.12. The minimum absolute atomic E-state index is 0.131. The van der Waals surface area contributed by atoms with Gasteiger partial charge in [0.15, 0.2) is 0 Å². The molecule has 5 N–H and O–H groups in total. The molecule has 94 valence electrons. The SMILES string of the molecule is NC[C@H]1CCC[C@H]1C(=O)NCC(F)(F)CN. The predicted molar refractivity (Wildman–Crippen MR) is 56.9 cm³/mol. The molecular formula is C10H19F2N3O. The number of carbonyl (C=O) groups excluding carboxylic acids is 1. The lowest BCUT2D eigenvalue weighted by atomic mass is 9.95. The van der Waals surface area contributed by atoms with Gasteiger partial charge < -0.3 is 16.8 Å². The molecule has 1 rings (SSSR count). The average Bonchev–Trinajstić information content (AvgIpc) is 2.74. The topological polar surface area (TPSA) is 81.1 Å². The average molecular weight is 235 g/mol. The molecule has 1 amide bonds. The van der Waals surface area contributed by atoms with E-state index in [1.54, 1.807) is 0 Å². The van der Waals surface area contributed by atoms with E-state index in [0.29, 0.717) is 6.54 Å². The van der Waals surface area contributed by atoms with Crippen LogP contribution in [0, 0.1) is 11.8 Å². The van der Waals surface area contributed by atoms with Crippen LogP contribution in [0.15, 0.2) is 0 Å². The summed E-state index contributed by atoms with van der Waals surface area (Å²) in [6, 6.07) is 0. The Morgan fingerprint density at radius 3 is 2.62 bits per heavy atom. The lowest BCUT2D eigenvalue weighted by Gasteiger charge is -2.20. The summed E-state index contributed by atoms with van der Waals surface area (Å²) in [5, 5.41) is 2.26. The molecule has 0 aromatic carbocycles. The zero-order valence-electron chi connectivity index (χ0n) is 9.22. The highest BCUT2D eigenvalue weighted by Gasteiger charge is 2.34. The van der Waals surface area contributed by atoms with E-state index in [1.165, 1.54) is 0 Å². The Bertz CT molecular complexity index is 248. The first-order valence-electron chi connectivity index (χ1n) is 5.56. The van der Waals surface area contributed by atoms with Crippen molar-refractivity contribution in [2.75, 3.05) is 19.6 Å². The van der Waals surface area contributed by atoms with Gasteiger partial charge in [0.2, 0.25) is 5.91 Å². The molecule has 0 unspecified atom stereocenters. The number of nitrogens with one attached hydrogen (secondary N) is 1. The van der Waals surface area contributed by atoms with Crippen molar-refractivity contribution in [3.05, 3.63) is 0 Å². The van der Waals surface area contributed by atoms with Crippen LogP contribution < -0.4 is 16.8 Å². The molecule has 0 aromatic heterocycles. The standard InChI is InChI=1S/C10H19F2N3O/c11-10(12,5-14)6-15-9(16)8-3-1-2-7(8)4-13/h7-8H,1-6,13-14H2,(H,15,16)/t7-,8-/m1/s1. The van der Waals surface area contributed by atoms with E-state index in [1.807, 2.05) is 0 Å². The van der Waals surface area contributed by atoms with Crippen molar-refractivity contribution < 1.29 is 13.6 Å². The van der Waals surface area contributed by atoms with Gasteiger partial charge in [0.05, 0.1) is 13.1 Å². The number of rotatable bonds is 5. The predicted octanol–water partition coefficient (Wildman–Crippen LogP) is 0.0716. The first-order valence-corrected chi connectivity index (χ1v) is 5.56. The van der Waals surface area contributed by atoms with Crippen LogP contribution in [0.1, 0.15) is 19.3 Å². The minimum atomic E-state index is -3.02. The van der Waals surface area contributed by atoms with Gasteiger partial charge in [-0.25, -0.2) is 8.78 Å². The molecule has 0 saturated heterocycles. The monoisotopic (exact) mass is 235 g/mol. The number of hydrogen-bond acceptors (Lipinski definition) is 3. The van der Waals surface area contributed by atoms with Gasteiger partial charge in [-0.3, -0.25) is 4.79 Å². The maximum absolute atomic E-state index is 12.8. The molecule has 0 heterocycles. The summed E-state index contributed by atoms with van der Waals surface area (Å²) in [7, 11) is 0. The fourth-order valence-electron chi connectivity index (χ4n) is 2.08. The summed E-state index contributed by atoms with van der Waals surface area (Å²) in [5.74, 6) is -3.42. The van der Waals surface area contributed by atoms with E-state index in [-0.39, 0.29) is 17.7 Å². The van der Waals surface area contributed by atoms with Crippen LogP contribution >= 0.6 is 0 Å². The Balaban J connectivity index is 2.40. The third kappa shape index (κ3) is 3.38. The zero-order valence-corrected chi connectivity index (χ0v) is 9.22. The maximum Gasteiger partial charge on any atom is 0.277 e. The van der Waals surface area contributed by atoms with Gasteiger partial charge in [-0.2, -0.15) is 0 Å². The van der Waals surface area contributed by atoms with Crippen LogP contribution in [0.25, 0.3) is 0 Å². The summed E-state index contributed by atoms with van der Waals surface area (Å²) >= 11 is 0. The van der Waals surface area contributed by atoms with E-state index >= 15 is 0 Å². The number of carbonyl (C=O) groups is 1. The van der Waals surface area contributed by atoms with Crippen LogP contribution in [0.3, 0.4) is 0 Å². The molecule has 0 aliphatic heterocycles. The molecule has 2 atom stereocenters. The lowest BCUT2D eigenvalue weighted by molar-refractivity contribution is -0.127. The van der Waals surface area contributed by atoms with Crippen LogP contribution in [-0.4, -0.2) is 31.5 Å². The van der Waals surface area contributed by atoms with Gasteiger partial charge in [-0.05, 0) is 25.3 Å². The van der Waals surface area contributed by atoms with Crippen molar-refractivity contribution in [3.8, 4) is 0 Å². The molecule has 0 radical (unpaired) electrons.